The van der Waals surface area contributed by atoms with Gasteiger partial charge in [0.15, 0.2) is 0 Å². The molecule has 0 saturated heterocycles. The van der Waals surface area contributed by atoms with Crippen LogP contribution in [0, 0.1) is 5.41 Å². The Hall–Kier alpha value is -2.92. The highest BCUT2D eigenvalue weighted by molar-refractivity contribution is 6.32. The molecule has 1 saturated carbocycles. The van der Waals surface area contributed by atoms with Crippen molar-refractivity contribution < 1.29 is 9.53 Å². The molecule has 0 atom stereocenters. The molecule has 1 amide bonds. The largest absolute Gasteiger partial charge is 0.487 e. The lowest BCUT2D eigenvalue weighted by Gasteiger charge is -2.09. The van der Waals surface area contributed by atoms with Crippen LogP contribution in [0.5, 0.6) is 5.75 Å². The summed E-state index contributed by atoms with van der Waals surface area (Å²) < 4.78 is 5.98. The van der Waals surface area contributed by atoms with E-state index in [9.17, 15) is 4.79 Å². The van der Waals surface area contributed by atoms with Gasteiger partial charge >= 0.3 is 0 Å². The second-order valence-corrected chi connectivity index (χ2v) is 8.50. The molecule has 148 valence electrons. The first-order chi connectivity index (χ1) is 14.0. The number of carbonyl (C=O) groups is 1. The molecule has 0 aliphatic heterocycles. The Bertz CT molecular complexity index is 1220. The first-order valence-electron chi connectivity index (χ1n) is 9.78. The highest BCUT2D eigenvalue weighted by Gasteiger charge is 2.44. The molecule has 4 aromatic rings. The molecule has 0 radical (unpaired) electrons. The van der Waals surface area contributed by atoms with Gasteiger partial charge in [0.2, 0.25) is 5.91 Å². The molecule has 3 N–H and O–H groups in total. The summed E-state index contributed by atoms with van der Waals surface area (Å²) in [5.74, 6) is 0.755. The van der Waals surface area contributed by atoms with Crippen molar-refractivity contribution >= 4 is 39.3 Å². The van der Waals surface area contributed by atoms with Crippen LogP contribution in [0.4, 0.5) is 0 Å². The Balaban J connectivity index is 1.30. The Kier molecular flexibility index (Phi) is 4.28. The van der Waals surface area contributed by atoms with Crippen molar-refractivity contribution in [3.8, 4) is 5.75 Å². The Labute approximate surface area is 173 Å². The number of hydrogen-bond acceptors (Lipinski definition) is 2. The number of aromatic amines is 2. The summed E-state index contributed by atoms with van der Waals surface area (Å²) >= 11 is 6.44. The molecule has 6 heteroatoms. The number of benzene rings is 2. The van der Waals surface area contributed by atoms with Gasteiger partial charge in [-0.2, -0.15) is 0 Å². The molecular formula is C23H22ClN3O2. The van der Waals surface area contributed by atoms with Crippen molar-refractivity contribution in [1.29, 1.82) is 0 Å². The minimum atomic E-state index is -0.167. The third-order valence-corrected chi connectivity index (χ3v) is 6.03. The van der Waals surface area contributed by atoms with Crippen molar-refractivity contribution in [1.82, 2.24) is 15.3 Å². The van der Waals surface area contributed by atoms with E-state index in [4.69, 9.17) is 16.3 Å². The molecule has 1 aliphatic rings. The number of carbonyl (C=O) groups excluding carboxylic acids is 1. The van der Waals surface area contributed by atoms with Crippen LogP contribution in [0.2, 0.25) is 5.02 Å². The fraction of sp³-hybridized carbons (Fsp3) is 0.261. The SMILES string of the molecule is CC1(C(=O)NCc2cc3cc(Cl)c(OCc4ccc5cc[nH]c5c4)cc3[nH]2)CC1. The lowest BCUT2D eigenvalue weighted by Crippen LogP contribution is -2.29. The quantitative estimate of drug-likeness (QED) is 0.406. The van der Waals surface area contributed by atoms with Crippen LogP contribution in [-0.4, -0.2) is 15.9 Å². The molecule has 0 spiro atoms. The van der Waals surface area contributed by atoms with Crippen molar-refractivity contribution in [2.75, 3.05) is 0 Å². The second kappa shape index (κ2) is 6.85. The first kappa shape index (κ1) is 18.1. The third kappa shape index (κ3) is 3.58. The number of fused-ring (bicyclic) bond motifs is 2. The van der Waals surface area contributed by atoms with Gasteiger partial charge in [-0.3, -0.25) is 4.79 Å². The van der Waals surface area contributed by atoms with Gasteiger partial charge in [0.05, 0.1) is 11.6 Å². The molecule has 0 bridgehead atoms. The summed E-state index contributed by atoms with van der Waals surface area (Å²) in [7, 11) is 0. The number of ether oxygens (including phenoxy) is 1. The molecule has 2 heterocycles. The molecule has 5 rings (SSSR count). The maximum absolute atomic E-state index is 12.1. The van der Waals surface area contributed by atoms with Gasteiger partial charge in [0.1, 0.15) is 12.4 Å². The summed E-state index contributed by atoms with van der Waals surface area (Å²) in [4.78, 5) is 18.7. The summed E-state index contributed by atoms with van der Waals surface area (Å²) in [6.45, 7) is 2.92. The van der Waals surface area contributed by atoms with Gasteiger partial charge in [0.25, 0.3) is 0 Å². The molecule has 2 aromatic carbocycles. The van der Waals surface area contributed by atoms with Gasteiger partial charge in [-0.15, -0.1) is 0 Å². The second-order valence-electron chi connectivity index (χ2n) is 8.10. The zero-order chi connectivity index (χ0) is 20.0. The van der Waals surface area contributed by atoms with E-state index in [-0.39, 0.29) is 11.3 Å². The lowest BCUT2D eigenvalue weighted by molar-refractivity contribution is -0.125. The van der Waals surface area contributed by atoms with Crippen molar-refractivity contribution in [2.45, 2.75) is 32.9 Å². The standard InChI is InChI=1S/C23H22ClN3O2/c1-23(5-6-23)22(28)26-12-17-9-16-10-18(24)21(11-20(16)27-17)29-13-14-2-3-15-4-7-25-19(15)8-14/h2-4,7-11,25,27H,5-6,12-13H2,1H3,(H,26,28). The van der Waals surface area contributed by atoms with E-state index in [1.807, 2.05) is 37.4 Å². The molecular weight excluding hydrogens is 386 g/mol. The number of rotatable bonds is 6. The van der Waals surface area contributed by atoms with Gasteiger partial charge in [-0.05, 0) is 48.1 Å². The summed E-state index contributed by atoms with van der Waals surface area (Å²) in [5.41, 5.74) is 3.87. The van der Waals surface area contributed by atoms with Crippen molar-refractivity contribution in [2.24, 2.45) is 5.41 Å². The van der Waals surface area contributed by atoms with Crippen LogP contribution < -0.4 is 10.1 Å². The first-order valence-corrected chi connectivity index (χ1v) is 10.2. The monoisotopic (exact) mass is 407 g/mol. The highest BCUT2D eigenvalue weighted by atomic mass is 35.5. The van der Waals surface area contributed by atoms with E-state index in [1.54, 1.807) is 0 Å². The highest BCUT2D eigenvalue weighted by Crippen LogP contribution is 2.45. The minimum Gasteiger partial charge on any atom is -0.487 e. The van der Waals surface area contributed by atoms with Crippen LogP contribution in [0.3, 0.4) is 0 Å². The number of aromatic nitrogens is 2. The van der Waals surface area contributed by atoms with Crippen LogP contribution in [-0.2, 0) is 17.9 Å². The van der Waals surface area contributed by atoms with E-state index in [1.165, 1.54) is 5.39 Å². The van der Waals surface area contributed by atoms with Crippen molar-refractivity contribution in [3.63, 3.8) is 0 Å². The molecule has 0 unspecified atom stereocenters. The predicted octanol–water partition coefficient (Wildman–Crippen LogP) is 5.30. The fourth-order valence-electron chi connectivity index (χ4n) is 3.55. The molecule has 29 heavy (non-hydrogen) atoms. The van der Waals surface area contributed by atoms with Crippen LogP contribution in [0.1, 0.15) is 31.0 Å². The van der Waals surface area contributed by atoms with Crippen LogP contribution in [0.25, 0.3) is 21.8 Å². The van der Waals surface area contributed by atoms with E-state index in [0.717, 1.165) is 40.5 Å². The topological polar surface area (TPSA) is 69.9 Å². The predicted molar refractivity (Wildman–Crippen MR) is 115 cm³/mol. The number of hydrogen-bond donors (Lipinski definition) is 3. The zero-order valence-corrected chi connectivity index (χ0v) is 16.9. The van der Waals surface area contributed by atoms with E-state index in [0.29, 0.717) is 23.9 Å². The fourth-order valence-corrected chi connectivity index (χ4v) is 3.78. The van der Waals surface area contributed by atoms with Crippen LogP contribution in [0.15, 0.2) is 48.7 Å². The summed E-state index contributed by atoms with van der Waals surface area (Å²) in [5, 5.41) is 5.75. The average Bonchev–Trinajstić information content (AvgIpc) is 3.13. The zero-order valence-electron chi connectivity index (χ0n) is 16.1. The Morgan fingerprint density at radius 1 is 1.14 bits per heavy atom. The molecule has 2 aromatic heterocycles. The normalized spacial score (nSPS) is 15.0. The van der Waals surface area contributed by atoms with Gasteiger partial charge in [0, 0.05) is 39.8 Å². The van der Waals surface area contributed by atoms with Gasteiger partial charge in [-0.25, -0.2) is 0 Å². The maximum Gasteiger partial charge on any atom is 0.226 e. The Morgan fingerprint density at radius 2 is 2.00 bits per heavy atom. The number of halogens is 1. The Morgan fingerprint density at radius 3 is 2.83 bits per heavy atom. The maximum atomic E-state index is 12.1. The van der Waals surface area contributed by atoms with Crippen LogP contribution >= 0.6 is 11.6 Å². The number of H-pyrrole nitrogens is 2. The van der Waals surface area contributed by atoms with Gasteiger partial charge in [-0.1, -0.05) is 30.7 Å². The lowest BCUT2D eigenvalue weighted by atomic mass is 10.1. The van der Waals surface area contributed by atoms with E-state index < -0.39 is 0 Å². The van der Waals surface area contributed by atoms with Crippen molar-refractivity contribution in [3.05, 3.63) is 64.9 Å². The van der Waals surface area contributed by atoms with E-state index in [2.05, 4.69) is 33.5 Å². The number of nitrogens with one attached hydrogen (secondary N) is 3. The molecule has 1 fully saturated rings. The average molecular weight is 408 g/mol. The molecule has 5 nitrogen and oxygen atoms in total. The molecule has 1 aliphatic carbocycles. The van der Waals surface area contributed by atoms with Gasteiger partial charge < -0.3 is 20.0 Å². The van der Waals surface area contributed by atoms with E-state index >= 15 is 0 Å². The minimum absolute atomic E-state index is 0.122. The smallest absolute Gasteiger partial charge is 0.226 e. The third-order valence-electron chi connectivity index (χ3n) is 5.73. The summed E-state index contributed by atoms with van der Waals surface area (Å²) in [6.07, 6.45) is 3.87. The number of amides is 1. The summed E-state index contributed by atoms with van der Waals surface area (Å²) in [6, 6.07) is 14.1.